The van der Waals surface area contributed by atoms with Crippen molar-refractivity contribution in [1.29, 1.82) is 0 Å². The summed E-state index contributed by atoms with van der Waals surface area (Å²) in [5, 5.41) is 2.77. The number of hydrogen-bond acceptors (Lipinski definition) is 2. The second-order valence-corrected chi connectivity index (χ2v) is 5.22. The van der Waals surface area contributed by atoms with E-state index >= 15 is 0 Å². The van der Waals surface area contributed by atoms with Crippen LogP contribution in [-0.4, -0.2) is 12.5 Å². The van der Waals surface area contributed by atoms with E-state index in [4.69, 9.17) is 4.74 Å². The van der Waals surface area contributed by atoms with Crippen LogP contribution in [0.3, 0.4) is 0 Å². The molecular weight excluding hydrogens is 300 g/mol. The number of rotatable bonds is 6. The Morgan fingerprint density at radius 3 is 2.43 bits per heavy atom. The summed E-state index contributed by atoms with van der Waals surface area (Å²) in [6, 6.07) is 10.5. The van der Waals surface area contributed by atoms with Gasteiger partial charge in [-0.2, -0.15) is 0 Å². The molecule has 0 aliphatic rings. The van der Waals surface area contributed by atoms with Crippen LogP contribution in [0.1, 0.15) is 31.0 Å². The smallest absolute Gasteiger partial charge is 0.224 e. The van der Waals surface area contributed by atoms with Crippen molar-refractivity contribution < 1.29 is 18.3 Å². The monoisotopic (exact) mass is 319 g/mol. The molecule has 23 heavy (non-hydrogen) atoms. The quantitative estimate of drug-likeness (QED) is 0.880. The van der Waals surface area contributed by atoms with E-state index in [-0.39, 0.29) is 12.3 Å². The molecule has 0 bridgehead atoms. The van der Waals surface area contributed by atoms with Crippen molar-refractivity contribution in [3.05, 3.63) is 65.2 Å². The minimum atomic E-state index is -0.921. The van der Waals surface area contributed by atoms with Gasteiger partial charge in [-0.1, -0.05) is 18.2 Å². The molecule has 0 heterocycles. The minimum Gasteiger partial charge on any atom is -0.494 e. The van der Waals surface area contributed by atoms with E-state index in [0.717, 1.165) is 23.4 Å². The molecule has 2 aromatic rings. The number of nitrogens with one attached hydrogen (secondary N) is 1. The van der Waals surface area contributed by atoms with Crippen molar-refractivity contribution in [3.63, 3.8) is 0 Å². The SMILES string of the molecule is CCOc1ccc(CC(=O)NC(C)c2ccc(F)c(F)c2)cc1. The zero-order chi connectivity index (χ0) is 16.8. The number of benzene rings is 2. The van der Waals surface area contributed by atoms with Gasteiger partial charge in [-0.05, 0) is 49.2 Å². The van der Waals surface area contributed by atoms with Crippen molar-refractivity contribution in [1.82, 2.24) is 5.32 Å². The van der Waals surface area contributed by atoms with E-state index in [1.54, 1.807) is 6.92 Å². The van der Waals surface area contributed by atoms with Crippen LogP contribution >= 0.6 is 0 Å². The van der Waals surface area contributed by atoms with Gasteiger partial charge in [0.2, 0.25) is 5.91 Å². The Labute approximate surface area is 134 Å². The fourth-order valence-corrected chi connectivity index (χ4v) is 2.21. The van der Waals surface area contributed by atoms with Gasteiger partial charge in [0.1, 0.15) is 5.75 Å². The van der Waals surface area contributed by atoms with E-state index in [0.29, 0.717) is 12.2 Å². The molecule has 0 saturated heterocycles. The summed E-state index contributed by atoms with van der Waals surface area (Å²) in [5.41, 5.74) is 1.37. The maximum atomic E-state index is 13.2. The lowest BCUT2D eigenvalue weighted by molar-refractivity contribution is -0.121. The summed E-state index contributed by atoms with van der Waals surface area (Å²) in [6.07, 6.45) is 0.209. The average Bonchev–Trinajstić information content (AvgIpc) is 2.52. The van der Waals surface area contributed by atoms with E-state index < -0.39 is 17.7 Å². The molecule has 3 nitrogen and oxygen atoms in total. The third-order valence-electron chi connectivity index (χ3n) is 3.42. The molecule has 1 unspecified atom stereocenters. The Kier molecular flexibility index (Phi) is 5.68. The van der Waals surface area contributed by atoms with Gasteiger partial charge in [-0.25, -0.2) is 8.78 Å². The first-order valence-corrected chi connectivity index (χ1v) is 7.45. The van der Waals surface area contributed by atoms with E-state index in [9.17, 15) is 13.6 Å². The van der Waals surface area contributed by atoms with Crippen LogP contribution in [0.2, 0.25) is 0 Å². The summed E-state index contributed by atoms with van der Waals surface area (Å²) in [4.78, 5) is 12.0. The third-order valence-corrected chi connectivity index (χ3v) is 3.42. The number of carbonyl (C=O) groups excluding carboxylic acids is 1. The van der Waals surface area contributed by atoms with Crippen molar-refractivity contribution in [2.75, 3.05) is 6.61 Å². The van der Waals surface area contributed by atoms with Gasteiger partial charge in [-0.15, -0.1) is 0 Å². The normalized spacial score (nSPS) is 11.8. The summed E-state index contributed by atoms with van der Waals surface area (Å²) in [7, 11) is 0. The Bertz CT molecular complexity index is 671. The minimum absolute atomic E-state index is 0.189. The molecule has 1 N–H and O–H groups in total. The lowest BCUT2D eigenvalue weighted by Gasteiger charge is -2.15. The second-order valence-electron chi connectivity index (χ2n) is 5.22. The number of carbonyl (C=O) groups is 1. The van der Waals surface area contributed by atoms with Gasteiger partial charge in [-0.3, -0.25) is 4.79 Å². The van der Waals surface area contributed by atoms with Crippen LogP contribution in [0.15, 0.2) is 42.5 Å². The van der Waals surface area contributed by atoms with E-state index in [2.05, 4.69) is 5.32 Å². The Morgan fingerprint density at radius 1 is 1.13 bits per heavy atom. The van der Waals surface area contributed by atoms with E-state index in [1.807, 2.05) is 31.2 Å². The van der Waals surface area contributed by atoms with Crippen molar-refractivity contribution in [2.24, 2.45) is 0 Å². The molecule has 1 amide bonds. The summed E-state index contributed by atoms with van der Waals surface area (Å²) < 4.78 is 31.5. The predicted octanol–water partition coefficient (Wildman–Crippen LogP) is 3.78. The fourth-order valence-electron chi connectivity index (χ4n) is 2.21. The van der Waals surface area contributed by atoms with Gasteiger partial charge in [0.25, 0.3) is 0 Å². The number of ether oxygens (including phenoxy) is 1. The molecule has 0 spiro atoms. The first-order valence-electron chi connectivity index (χ1n) is 7.45. The number of amides is 1. The summed E-state index contributed by atoms with van der Waals surface area (Å²) in [5.74, 6) is -1.25. The molecule has 2 rings (SSSR count). The first-order chi connectivity index (χ1) is 11.0. The maximum absolute atomic E-state index is 13.2. The third kappa shape index (κ3) is 4.77. The zero-order valence-corrected chi connectivity index (χ0v) is 13.1. The van der Waals surface area contributed by atoms with Gasteiger partial charge in [0.05, 0.1) is 19.1 Å². The highest BCUT2D eigenvalue weighted by Crippen LogP contribution is 2.17. The average molecular weight is 319 g/mol. The summed E-state index contributed by atoms with van der Waals surface area (Å²) in [6.45, 7) is 4.22. The molecule has 2 aromatic carbocycles. The lowest BCUT2D eigenvalue weighted by atomic mass is 10.1. The van der Waals surface area contributed by atoms with Crippen molar-refractivity contribution in [2.45, 2.75) is 26.3 Å². The summed E-state index contributed by atoms with van der Waals surface area (Å²) >= 11 is 0. The Hall–Kier alpha value is -2.43. The Balaban J connectivity index is 1.94. The fraction of sp³-hybridized carbons (Fsp3) is 0.278. The molecular formula is C18H19F2NO2. The highest BCUT2D eigenvalue weighted by Gasteiger charge is 2.12. The molecule has 0 radical (unpaired) electrons. The van der Waals surface area contributed by atoms with Gasteiger partial charge in [0, 0.05) is 0 Å². The molecule has 1 atom stereocenters. The highest BCUT2D eigenvalue weighted by molar-refractivity contribution is 5.79. The van der Waals surface area contributed by atoms with E-state index in [1.165, 1.54) is 6.07 Å². The lowest BCUT2D eigenvalue weighted by Crippen LogP contribution is -2.28. The van der Waals surface area contributed by atoms with Crippen molar-refractivity contribution >= 4 is 5.91 Å². The highest BCUT2D eigenvalue weighted by atomic mass is 19.2. The first kappa shape index (κ1) is 16.9. The molecule has 5 heteroatoms. The number of halogens is 2. The van der Waals surface area contributed by atoms with Gasteiger partial charge in [0.15, 0.2) is 11.6 Å². The van der Waals surface area contributed by atoms with Crippen LogP contribution in [0.4, 0.5) is 8.78 Å². The van der Waals surface area contributed by atoms with Crippen LogP contribution in [0.25, 0.3) is 0 Å². The largest absolute Gasteiger partial charge is 0.494 e. The van der Waals surface area contributed by atoms with Crippen molar-refractivity contribution in [3.8, 4) is 5.75 Å². The standard InChI is InChI=1S/C18H19F2NO2/c1-3-23-15-7-4-13(5-8-15)10-18(22)21-12(2)14-6-9-16(19)17(20)11-14/h4-9,11-12H,3,10H2,1-2H3,(H,21,22). The van der Waals surface area contributed by atoms with Crippen LogP contribution in [0.5, 0.6) is 5.75 Å². The number of hydrogen-bond donors (Lipinski definition) is 1. The molecule has 0 aliphatic carbocycles. The maximum Gasteiger partial charge on any atom is 0.224 e. The van der Waals surface area contributed by atoms with Crippen LogP contribution < -0.4 is 10.1 Å². The molecule has 0 saturated carbocycles. The second kappa shape index (κ2) is 7.72. The topological polar surface area (TPSA) is 38.3 Å². The van der Waals surface area contributed by atoms with Gasteiger partial charge >= 0.3 is 0 Å². The predicted molar refractivity (Wildman–Crippen MR) is 84.2 cm³/mol. The molecule has 0 fully saturated rings. The Morgan fingerprint density at radius 2 is 1.83 bits per heavy atom. The molecule has 0 aliphatic heterocycles. The molecule has 122 valence electrons. The zero-order valence-electron chi connectivity index (χ0n) is 13.1. The van der Waals surface area contributed by atoms with Crippen LogP contribution in [0, 0.1) is 11.6 Å². The van der Waals surface area contributed by atoms with Crippen LogP contribution in [-0.2, 0) is 11.2 Å². The molecule has 0 aromatic heterocycles. The van der Waals surface area contributed by atoms with Gasteiger partial charge < -0.3 is 10.1 Å².